The molecule has 8 nitrogen and oxygen atoms in total. The molecule has 8 heteroatoms. The summed E-state index contributed by atoms with van der Waals surface area (Å²) >= 11 is 0. The zero-order chi connectivity index (χ0) is 23.3. The van der Waals surface area contributed by atoms with E-state index in [-0.39, 0.29) is 16.8 Å². The largest absolute Gasteiger partial charge is 0.507 e. The Morgan fingerprint density at radius 1 is 1.12 bits per heavy atom. The number of benzene rings is 2. The number of ether oxygens (including phenoxy) is 1. The molecule has 1 fully saturated rings. The number of non-ortho nitro benzene ring substituents is 1. The topological polar surface area (TPSA) is 110 Å². The number of nitro benzene ring substituents is 1. The lowest BCUT2D eigenvalue weighted by Crippen LogP contribution is -2.30. The van der Waals surface area contributed by atoms with Gasteiger partial charge in [-0.05, 0) is 30.5 Å². The van der Waals surface area contributed by atoms with Crippen molar-refractivity contribution in [1.29, 1.82) is 0 Å². The van der Waals surface area contributed by atoms with Crippen LogP contribution in [0.3, 0.4) is 0 Å². The molecule has 0 aliphatic carbocycles. The van der Waals surface area contributed by atoms with Crippen LogP contribution in [-0.4, -0.2) is 39.8 Å². The summed E-state index contributed by atoms with van der Waals surface area (Å²) in [6, 6.07) is 11.7. The molecule has 1 amide bonds. The van der Waals surface area contributed by atoms with Crippen molar-refractivity contribution in [2.75, 3.05) is 13.2 Å². The minimum atomic E-state index is -0.814. The smallest absolute Gasteiger partial charge is 0.295 e. The molecule has 1 aliphatic heterocycles. The number of aliphatic hydroxyl groups is 1. The Balaban J connectivity index is 2.15. The van der Waals surface area contributed by atoms with Crippen LogP contribution in [0.4, 0.5) is 5.69 Å². The molecule has 0 aromatic heterocycles. The fourth-order valence-electron chi connectivity index (χ4n) is 3.70. The number of nitrogens with zero attached hydrogens (tertiary/aromatic N) is 2. The lowest BCUT2D eigenvalue weighted by Gasteiger charge is -2.25. The van der Waals surface area contributed by atoms with Crippen LogP contribution >= 0.6 is 0 Å². The van der Waals surface area contributed by atoms with Crippen molar-refractivity contribution in [1.82, 2.24) is 4.90 Å². The molecule has 1 unspecified atom stereocenters. The van der Waals surface area contributed by atoms with Gasteiger partial charge < -0.3 is 14.7 Å². The van der Waals surface area contributed by atoms with Gasteiger partial charge >= 0.3 is 0 Å². The number of unbranched alkanes of at least 4 members (excludes halogenated alkanes) is 1. The van der Waals surface area contributed by atoms with Crippen molar-refractivity contribution in [3.8, 4) is 5.75 Å². The predicted molar refractivity (Wildman–Crippen MR) is 119 cm³/mol. The summed E-state index contributed by atoms with van der Waals surface area (Å²) in [5.74, 6) is -1.35. The Labute approximate surface area is 186 Å². The highest BCUT2D eigenvalue weighted by Crippen LogP contribution is 2.40. The number of likely N-dealkylation sites (tertiary alicyclic amines) is 1. The van der Waals surface area contributed by atoms with Gasteiger partial charge in [-0.15, -0.1) is 0 Å². The molecule has 1 heterocycles. The van der Waals surface area contributed by atoms with Crippen LogP contribution < -0.4 is 4.74 Å². The van der Waals surface area contributed by atoms with Crippen molar-refractivity contribution in [3.05, 3.63) is 75.3 Å². The summed E-state index contributed by atoms with van der Waals surface area (Å²) in [6.07, 6.45) is 2.33. The predicted octanol–water partition coefficient (Wildman–Crippen LogP) is 4.61. The number of hydrogen-bond acceptors (Lipinski definition) is 6. The number of rotatable bonds is 9. The van der Waals surface area contributed by atoms with Crippen molar-refractivity contribution in [3.63, 3.8) is 0 Å². The Morgan fingerprint density at radius 3 is 2.56 bits per heavy atom. The van der Waals surface area contributed by atoms with Gasteiger partial charge in [0.1, 0.15) is 11.5 Å². The van der Waals surface area contributed by atoms with Gasteiger partial charge in [-0.1, -0.05) is 44.5 Å². The number of aliphatic hydroxyl groups excluding tert-OH is 1. The van der Waals surface area contributed by atoms with Gasteiger partial charge in [-0.2, -0.15) is 0 Å². The summed E-state index contributed by atoms with van der Waals surface area (Å²) in [5.41, 5.74) is 0.428. The van der Waals surface area contributed by atoms with Crippen molar-refractivity contribution in [2.24, 2.45) is 0 Å². The van der Waals surface area contributed by atoms with E-state index in [9.17, 15) is 24.8 Å². The second kappa shape index (κ2) is 10.1. The van der Waals surface area contributed by atoms with Gasteiger partial charge in [0.2, 0.25) is 0 Å². The Morgan fingerprint density at radius 2 is 1.88 bits per heavy atom. The molecule has 0 saturated carbocycles. The Kier molecular flexibility index (Phi) is 7.25. The molecule has 1 aliphatic rings. The van der Waals surface area contributed by atoms with E-state index in [1.54, 1.807) is 24.3 Å². The average Bonchev–Trinajstić information content (AvgIpc) is 3.06. The molecule has 2 aromatic carbocycles. The molecule has 0 spiro atoms. The van der Waals surface area contributed by atoms with E-state index >= 15 is 0 Å². The summed E-state index contributed by atoms with van der Waals surface area (Å²) in [7, 11) is 0. The maximum atomic E-state index is 13.0. The number of Topliss-reactive ketones (excluding diaryl/α,β-unsaturated/α-hetero) is 1. The molecule has 0 bridgehead atoms. The molecular formula is C24H26N2O6. The van der Waals surface area contributed by atoms with E-state index in [4.69, 9.17) is 4.74 Å². The Hall–Kier alpha value is -3.68. The van der Waals surface area contributed by atoms with Crippen LogP contribution in [0.25, 0.3) is 5.76 Å². The zero-order valence-corrected chi connectivity index (χ0v) is 18.1. The minimum Gasteiger partial charge on any atom is -0.507 e. The second-order valence-electron chi connectivity index (χ2n) is 7.57. The molecule has 2 aromatic rings. The standard InChI is InChI=1S/C24H26N2O6/c1-3-5-12-25-21(16-8-7-11-19(15-16)32-13-4-2)20(23(28)24(25)29)22(27)17-9-6-10-18(14-17)26(30)31/h6-11,14-15,21,27H,3-5,12-13H2,1-2H3/b22-20-. The van der Waals surface area contributed by atoms with Gasteiger partial charge in [0.05, 0.1) is 23.1 Å². The SMILES string of the molecule is CCCCN1C(=O)C(=O)/C(=C(\O)c2cccc([N+](=O)[O-])c2)C1c1cccc(OCCC)c1. The number of ketones is 1. The minimum absolute atomic E-state index is 0.0840. The van der Waals surface area contributed by atoms with Crippen molar-refractivity contribution in [2.45, 2.75) is 39.2 Å². The lowest BCUT2D eigenvalue weighted by molar-refractivity contribution is -0.384. The summed E-state index contributed by atoms with van der Waals surface area (Å²) in [6.45, 7) is 4.83. The number of nitro groups is 1. The fourth-order valence-corrected chi connectivity index (χ4v) is 3.70. The summed E-state index contributed by atoms with van der Waals surface area (Å²) in [4.78, 5) is 37.9. The number of carbonyl (C=O) groups excluding carboxylic acids is 2. The number of amides is 1. The number of hydrogen-bond donors (Lipinski definition) is 1. The normalized spacial score (nSPS) is 17.6. The van der Waals surface area contributed by atoms with Gasteiger partial charge in [-0.25, -0.2) is 0 Å². The maximum absolute atomic E-state index is 13.0. The van der Waals surface area contributed by atoms with Crippen LogP contribution in [0.15, 0.2) is 54.1 Å². The molecule has 3 rings (SSSR count). The van der Waals surface area contributed by atoms with Gasteiger partial charge in [0, 0.05) is 24.2 Å². The zero-order valence-electron chi connectivity index (χ0n) is 18.1. The van der Waals surface area contributed by atoms with E-state index < -0.39 is 28.4 Å². The molecule has 1 N–H and O–H groups in total. The van der Waals surface area contributed by atoms with E-state index in [1.807, 2.05) is 13.8 Å². The van der Waals surface area contributed by atoms with Crippen molar-refractivity contribution >= 4 is 23.1 Å². The molecule has 1 saturated heterocycles. The molecule has 1 atom stereocenters. The Bertz CT molecular complexity index is 1060. The van der Waals surface area contributed by atoms with E-state index in [0.717, 1.165) is 12.8 Å². The molecule has 0 radical (unpaired) electrons. The highest BCUT2D eigenvalue weighted by atomic mass is 16.6. The first-order valence-electron chi connectivity index (χ1n) is 10.6. The first-order valence-corrected chi connectivity index (χ1v) is 10.6. The first-order chi connectivity index (χ1) is 15.4. The maximum Gasteiger partial charge on any atom is 0.295 e. The highest BCUT2D eigenvalue weighted by Gasteiger charge is 2.45. The van der Waals surface area contributed by atoms with Crippen LogP contribution in [0.1, 0.15) is 50.3 Å². The van der Waals surface area contributed by atoms with Crippen LogP contribution in [0.5, 0.6) is 5.75 Å². The fraction of sp³-hybridized carbons (Fsp3) is 0.333. The number of carbonyl (C=O) groups is 2. The third kappa shape index (κ3) is 4.64. The van der Waals surface area contributed by atoms with Gasteiger partial charge in [-0.3, -0.25) is 19.7 Å². The summed E-state index contributed by atoms with van der Waals surface area (Å²) in [5, 5.41) is 22.2. The molecule has 32 heavy (non-hydrogen) atoms. The lowest BCUT2D eigenvalue weighted by atomic mass is 9.95. The third-order valence-corrected chi connectivity index (χ3v) is 5.27. The van der Waals surface area contributed by atoms with Gasteiger partial charge in [0.25, 0.3) is 17.4 Å². The summed E-state index contributed by atoms with van der Waals surface area (Å²) < 4.78 is 5.71. The van der Waals surface area contributed by atoms with Crippen LogP contribution in [-0.2, 0) is 9.59 Å². The van der Waals surface area contributed by atoms with E-state index in [0.29, 0.717) is 30.9 Å². The second-order valence-corrected chi connectivity index (χ2v) is 7.57. The first kappa shape index (κ1) is 23.0. The van der Waals surface area contributed by atoms with E-state index in [1.165, 1.54) is 29.2 Å². The van der Waals surface area contributed by atoms with Crippen molar-refractivity contribution < 1.29 is 24.4 Å². The molecule has 168 valence electrons. The monoisotopic (exact) mass is 438 g/mol. The highest BCUT2D eigenvalue weighted by molar-refractivity contribution is 6.46. The van der Waals surface area contributed by atoms with Gasteiger partial charge in [0.15, 0.2) is 0 Å². The molecular weight excluding hydrogens is 412 g/mol. The third-order valence-electron chi connectivity index (χ3n) is 5.27. The van der Waals surface area contributed by atoms with Crippen LogP contribution in [0, 0.1) is 10.1 Å². The average molecular weight is 438 g/mol. The van der Waals surface area contributed by atoms with E-state index in [2.05, 4.69) is 0 Å². The quantitative estimate of drug-likeness (QED) is 0.201. The van der Waals surface area contributed by atoms with Crippen LogP contribution in [0.2, 0.25) is 0 Å².